The second-order valence-electron chi connectivity index (χ2n) is 4.11. The lowest BCUT2D eigenvalue weighted by Gasteiger charge is -2.21. The van der Waals surface area contributed by atoms with Gasteiger partial charge in [0.15, 0.2) is 0 Å². The number of nitrogens with two attached hydrogens (primary N) is 1. The fourth-order valence-electron chi connectivity index (χ4n) is 1.82. The van der Waals surface area contributed by atoms with Crippen molar-refractivity contribution in [1.82, 2.24) is 15.0 Å². The minimum atomic E-state index is -4.39. The summed E-state index contributed by atoms with van der Waals surface area (Å²) in [5, 5.41) is -0.146. The van der Waals surface area contributed by atoms with Crippen molar-refractivity contribution in [2.45, 2.75) is 11.8 Å². The van der Waals surface area contributed by atoms with Crippen LogP contribution in [-0.2, 0) is 10.1 Å². The van der Waals surface area contributed by atoms with Crippen molar-refractivity contribution in [3.63, 3.8) is 0 Å². The normalized spacial score (nSPS) is 11.5. The average molecular weight is 364 g/mol. The van der Waals surface area contributed by atoms with E-state index in [4.69, 9.17) is 33.5 Å². The highest BCUT2D eigenvalue weighted by Gasteiger charge is 2.18. The van der Waals surface area contributed by atoms with Gasteiger partial charge in [0.25, 0.3) is 10.1 Å². The molecule has 0 unspecified atom stereocenters. The first-order chi connectivity index (χ1) is 10.2. The molecule has 118 valence electrons. The van der Waals surface area contributed by atoms with Crippen molar-refractivity contribution < 1.29 is 13.0 Å². The molecule has 22 heavy (non-hydrogen) atoms. The summed E-state index contributed by atoms with van der Waals surface area (Å²) in [6.07, 6.45) is 0. The molecule has 0 aliphatic heterocycles. The van der Waals surface area contributed by atoms with E-state index in [0.29, 0.717) is 12.2 Å². The van der Waals surface area contributed by atoms with Gasteiger partial charge < -0.3 is 10.6 Å². The van der Waals surface area contributed by atoms with Gasteiger partial charge in [-0.3, -0.25) is 4.55 Å². The number of anilines is 3. The molecule has 0 saturated heterocycles. The van der Waals surface area contributed by atoms with E-state index < -0.39 is 10.1 Å². The second-order valence-corrected chi connectivity index (χ2v) is 6.18. The molecule has 0 atom stereocenters. The van der Waals surface area contributed by atoms with E-state index in [1.165, 1.54) is 18.2 Å². The molecule has 0 bridgehead atoms. The van der Waals surface area contributed by atoms with Gasteiger partial charge >= 0.3 is 0 Å². The van der Waals surface area contributed by atoms with Crippen molar-refractivity contribution >= 4 is 50.6 Å². The van der Waals surface area contributed by atoms with Crippen LogP contribution in [0.25, 0.3) is 0 Å². The highest BCUT2D eigenvalue weighted by Crippen LogP contribution is 2.28. The summed E-state index contributed by atoms with van der Waals surface area (Å²) in [4.78, 5) is 12.8. The van der Waals surface area contributed by atoms with Crippen molar-refractivity contribution in [3.8, 4) is 0 Å². The minimum Gasteiger partial charge on any atom is -0.398 e. The van der Waals surface area contributed by atoms with Gasteiger partial charge in [-0.15, -0.1) is 0 Å². The number of benzene rings is 1. The van der Waals surface area contributed by atoms with Gasteiger partial charge in [0.1, 0.15) is 4.90 Å². The van der Waals surface area contributed by atoms with Gasteiger partial charge in [-0.1, -0.05) is 0 Å². The molecule has 0 spiro atoms. The third-order valence-electron chi connectivity index (χ3n) is 2.71. The molecule has 2 aromatic rings. The highest BCUT2D eigenvalue weighted by atomic mass is 35.5. The summed E-state index contributed by atoms with van der Waals surface area (Å²) >= 11 is 11.5. The number of nitrogen functional groups attached to an aromatic ring is 1. The molecule has 0 fully saturated rings. The summed E-state index contributed by atoms with van der Waals surface area (Å²) in [7, 11) is -4.39. The van der Waals surface area contributed by atoms with E-state index in [-0.39, 0.29) is 27.1 Å². The first kappa shape index (κ1) is 16.7. The second kappa shape index (κ2) is 6.21. The van der Waals surface area contributed by atoms with Gasteiger partial charge in [-0.2, -0.15) is 23.4 Å². The van der Waals surface area contributed by atoms with Crippen molar-refractivity contribution in [2.24, 2.45) is 0 Å². The van der Waals surface area contributed by atoms with Crippen LogP contribution in [0.1, 0.15) is 6.92 Å². The molecule has 1 heterocycles. The SMILES string of the molecule is CCN(c1ccc(S(=O)(=O)O)c(N)c1)c1nc(Cl)nc(Cl)n1. The monoisotopic (exact) mass is 363 g/mol. The fraction of sp³-hybridized carbons (Fsp3) is 0.182. The molecule has 2 rings (SSSR count). The molecule has 1 aromatic carbocycles. The predicted molar refractivity (Wildman–Crippen MR) is 83.2 cm³/mol. The van der Waals surface area contributed by atoms with Crippen LogP contribution in [0.15, 0.2) is 23.1 Å². The smallest absolute Gasteiger partial charge is 0.296 e. The Labute approximate surface area is 136 Å². The Bertz CT molecular complexity index is 795. The van der Waals surface area contributed by atoms with E-state index in [2.05, 4.69) is 15.0 Å². The third kappa shape index (κ3) is 3.55. The quantitative estimate of drug-likeness (QED) is 0.625. The maximum atomic E-state index is 11.2. The van der Waals surface area contributed by atoms with Crippen LogP contribution in [-0.4, -0.2) is 34.5 Å². The minimum absolute atomic E-state index is 0.0732. The zero-order valence-electron chi connectivity index (χ0n) is 11.2. The Balaban J connectivity index is 2.50. The molecule has 8 nitrogen and oxygen atoms in total. The molecule has 0 aliphatic carbocycles. The number of aromatic nitrogens is 3. The molecule has 0 radical (unpaired) electrons. The summed E-state index contributed by atoms with van der Waals surface area (Å²) in [6.45, 7) is 2.25. The average Bonchev–Trinajstić information content (AvgIpc) is 2.36. The Morgan fingerprint density at radius 2 is 1.82 bits per heavy atom. The molecule has 0 aliphatic rings. The Morgan fingerprint density at radius 3 is 2.27 bits per heavy atom. The lowest BCUT2D eigenvalue weighted by atomic mass is 10.2. The molecule has 0 saturated carbocycles. The van der Waals surface area contributed by atoms with Gasteiger partial charge in [0, 0.05) is 12.2 Å². The van der Waals surface area contributed by atoms with Crippen LogP contribution in [0.4, 0.5) is 17.3 Å². The van der Waals surface area contributed by atoms with Gasteiger partial charge in [0.2, 0.25) is 16.5 Å². The molecule has 11 heteroatoms. The van der Waals surface area contributed by atoms with Crippen molar-refractivity contribution in [3.05, 3.63) is 28.8 Å². The summed E-state index contributed by atoms with van der Waals surface area (Å²) in [5.74, 6) is 0.187. The maximum absolute atomic E-state index is 11.2. The van der Waals surface area contributed by atoms with Crippen LogP contribution < -0.4 is 10.6 Å². The van der Waals surface area contributed by atoms with Crippen molar-refractivity contribution in [2.75, 3.05) is 17.2 Å². The number of hydrogen-bond acceptors (Lipinski definition) is 7. The number of nitrogens with zero attached hydrogens (tertiary/aromatic N) is 4. The largest absolute Gasteiger partial charge is 0.398 e. The van der Waals surface area contributed by atoms with Gasteiger partial charge in [-0.05, 0) is 48.3 Å². The summed E-state index contributed by atoms with van der Waals surface area (Å²) in [5.41, 5.74) is 6.07. The standard InChI is InChI=1S/C11H11Cl2N5O3S/c1-2-18(11-16-9(12)15-10(13)17-11)6-3-4-8(7(14)5-6)22(19,20)21/h3-5H,2,14H2,1H3,(H,19,20,21). The molecule has 1 aromatic heterocycles. The molecular weight excluding hydrogens is 353 g/mol. The lowest BCUT2D eigenvalue weighted by Crippen LogP contribution is -2.20. The van der Waals surface area contributed by atoms with Gasteiger partial charge in [0.05, 0.1) is 5.69 Å². The van der Waals surface area contributed by atoms with Crippen LogP contribution in [0.3, 0.4) is 0 Å². The topological polar surface area (TPSA) is 122 Å². The Hall–Kier alpha value is -1.68. The molecular formula is C11H11Cl2N5O3S. The summed E-state index contributed by atoms with van der Waals surface area (Å²) < 4.78 is 31.4. The Morgan fingerprint density at radius 1 is 1.23 bits per heavy atom. The van der Waals surface area contributed by atoms with E-state index in [1.807, 2.05) is 6.92 Å². The number of halogens is 2. The van der Waals surface area contributed by atoms with Crippen LogP contribution in [0.2, 0.25) is 10.6 Å². The predicted octanol–water partition coefficient (Wildman–Crippen LogP) is 2.17. The van der Waals surface area contributed by atoms with E-state index in [0.717, 1.165) is 0 Å². The van der Waals surface area contributed by atoms with Crippen LogP contribution in [0.5, 0.6) is 0 Å². The van der Waals surface area contributed by atoms with E-state index >= 15 is 0 Å². The van der Waals surface area contributed by atoms with Crippen LogP contribution >= 0.6 is 23.2 Å². The number of rotatable bonds is 4. The van der Waals surface area contributed by atoms with Crippen molar-refractivity contribution in [1.29, 1.82) is 0 Å². The Kier molecular flexibility index (Phi) is 4.71. The maximum Gasteiger partial charge on any atom is 0.296 e. The lowest BCUT2D eigenvalue weighted by molar-refractivity contribution is 0.483. The third-order valence-corrected chi connectivity index (χ3v) is 3.98. The first-order valence-corrected chi connectivity index (χ1v) is 8.13. The highest BCUT2D eigenvalue weighted by molar-refractivity contribution is 7.86. The van der Waals surface area contributed by atoms with Gasteiger partial charge in [-0.25, -0.2) is 0 Å². The van der Waals surface area contributed by atoms with E-state index in [9.17, 15) is 8.42 Å². The van der Waals surface area contributed by atoms with E-state index in [1.54, 1.807) is 4.90 Å². The molecule has 0 amide bonds. The number of hydrogen-bond donors (Lipinski definition) is 2. The summed E-state index contributed by atoms with van der Waals surface area (Å²) in [6, 6.07) is 4.01. The first-order valence-electron chi connectivity index (χ1n) is 5.94. The zero-order valence-corrected chi connectivity index (χ0v) is 13.6. The molecule has 3 N–H and O–H groups in total. The van der Waals surface area contributed by atoms with Crippen LogP contribution in [0, 0.1) is 0 Å². The zero-order chi connectivity index (χ0) is 16.5. The fourth-order valence-corrected chi connectivity index (χ4v) is 2.77.